The Morgan fingerprint density at radius 3 is 2.87 bits per heavy atom. The van der Waals surface area contributed by atoms with Crippen LogP contribution in [0.5, 0.6) is 0 Å². The van der Waals surface area contributed by atoms with Gasteiger partial charge in [0, 0.05) is 37.3 Å². The van der Waals surface area contributed by atoms with Crippen LogP contribution < -0.4 is 10.6 Å². The highest BCUT2D eigenvalue weighted by atomic mass is 19.1. The van der Waals surface area contributed by atoms with Gasteiger partial charge in [0.05, 0.1) is 5.56 Å². The second-order valence-corrected chi connectivity index (χ2v) is 6.72. The smallest absolute Gasteiger partial charge is 0.256 e. The second kappa shape index (κ2) is 5.60. The van der Waals surface area contributed by atoms with Gasteiger partial charge >= 0.3 is 0 Å². The average molecular weight is 317 g/mol. The molecule has 2 amide bonds. The molecule has 3 aliphatic rings. The van der Waals surface area contributed by atoms with Crippen LogP contribution in [0.1, 0.15) is 41.6 Å². The lowest BCUT2D eigenvalue weighted by molar-refractivity contribution is -0.116. The summed E-state index contributed by atoms with van der Waals surface area (Å²) in [6, 6.07) is 3.71. The minimum absolute atomic E-state index is 0.106. The van der Waals surface area contributed by atoms with Crippen LogP contribution in [0.3, 0.4) is 0 Å². The Balaban J connectivity index is 1.59. The molecule has 1 aromatic rings. The molecular formula is C17H20FN3O2. The van der Waals surface area contributed by atoms with Crippen molar-refractivity contribution in [2.45, 2.75) is 44.2 Å². The van der Waals surface area contributed by atoms with Crippen molar-refractivity contribution in [2.24, 2.45) is 0 Å². The molecular weight excluding hydrogens is 297 g/mol. The number of nitrogens with one attached hydrogen (secondary N) is 2. The van der Waals surface area contributed by atoms with Crippen molar-refractivity contribution in [1.82, 2.24) is 10.2 Å². The monoisotopic (exact) mass is 317 g/mol. The lowest BCUT2D eigenvalue weighted by atomic mass is 9.99. The maximum Gasteiger partial charge on any atom is 0.256 e. The third kappa shape index (κ3) is 2.72. The van der Waals surface area contributed by atoms with Crippen LogP contribution in [0, 0.1) is 5.82 Å². The fourth-order valence-corrected chi connectivity index (χ4v) is 3.86. The number of likely N-dealkylation sites (tertiary alicyclic amines) is 1. The molecule has 2 fully saturated rings. The normalized spacial score (nSPS) is 26.5. The summed E-state index contributed by atoms with van der Waals surface area (Å²) in [6.45, 7) is 1.31. The quantitative estimate of drug-likeness (QED) is 0.828. The fourth-order valence-electron chi connectivity index (χ4n) is 3.86. The molecule has 5 nitrogen and oxygen atoms in total. The van der Waals surface area contributed by atoms with Gasteiger partial charge in [0.15, 0.2) is 0 Å². The summed E-state index contributed by atoms with van der Waals surface area (Å²) in [4.78, 5) is 25.9. The highest BCUT2D eigenvalue weighted by Crippen LogP contribution is 2.28. The number of anilines is 1. The van der Waals surface area contributed by atoms with E-state index in [1.807, 2.05) is 0 Å². The Kier molecular flexibility index (Phi) is 3.56. The third-order valence-electron chi connectivity index (χ3n) is 5.13. The standard InChI is InChI=1S/C17H20FN3O2/c18-14-8-15-10(1-4-16(22)20-15)7-13(14)17(23)21-6-5-11-2-3-12(9-21)19-11/h7-8,11-12,19H,1-6,9H2,(H,20,22). The number of benzene rings is 1. The molecule has 0 aromatic heterocycles. The van der Waals surface area contributed by atoms with E-state index in [0.29, 0.717) is 43.7 Å². The summed E-state index contributed by atoms with van der Waals surface area (Å²) in [7, 11) is 0. The number of hydrogen-bond acceptors (Lipinski definition) is 3. The van der Waals surface area contributed by atoms with Crippen LogP contribution >= 0.6 is 0 Å². The topological polar surface area (TPSA) is 61.4 Å². The molecule has 0 aliphatic carbocycles. The zero-order valence-electron chi connectivity index (χ0n) is 12.9. The Morgan fingerprint density at radius 1 is 1.17 bits per heavy atom. The number of aryl methyl sites for hydroxylation is 1. The van der Waals surface area contributed by atoms with Crippen molar-refractivity contribution >= 4 is 17.5 Å². The van der Waals surface area contributed by atoms with E-state index in [-0.39, 0.29) is 17.4 Å². The number of rotatable bonds is 1. The number of carbonyl (C=O) groups excluding carboxylic acids is 2. The van der Waals surface area contributed by atoms with Crippen molar-refractivity contribution in [3.05, 3.63) is 29.1 Å². The molecule has 0 saturated carbocycles. The van der Waals surface area contributed by atoms with Crippen LogP contribution in [-0.4, -0.2) is 41.9 Å². The first-order chi connectivity index (χ1) is 11.1. The molecule has 0 radical (unpaired) electrons. The van der Waals surface area contributed by atoms with Crippen LogP contribution in [0.15, 0.2) is 12.1 Å². The molecule has 4 rings (SSSR count). The number of hydrogen-bond donors (Lipinski definition) is 2. The summed E-state index contributed by atoms with van der Waals surface area (Å²) in [5, 5.41) is 6.19. The Hall–Kier alpha value is -1.95. The highest BCUT2D eigenvalue weighted by molar-refractivity contribution is 5.98. The molecule has 2 N–H and O–H groups in total. The first-order valence-electron chi connectivity index (χ1n) is 8.28. The predicted molar refractivity (Wildman–Crippen MR) is 83.8 cm³/mol. The van der Waals surface area contributed by atoms with Crippen LogP contribution in [0.25, 0.3) is 0 Å². The van der Waals surface area contributed by atoms with Gasteiger partial charge in [0.1, 0.15) is 5.82 Å². The second-order valence-electron chi connectivity index (χ2n) is 6.72. The fraction of sp³-hybridized carbons (Fsp3) is 0.529. The van der Waals surface area contributed by atoms with Crippen LogP contribution in [0.4, 0.5) is 10.1 Å². The van der Waals surface area contributed by atoms with Gasteiger partial charge in [-0.05, 0) is 43.4 Å². The van der Waals surface area contributed by atoms with Crippen molar-refractivity contribution in [2.75, 3.05) is 18.4 Å². The molecule has 122 valence electrons. The van der Waals surface area contributed by atoms with E-state index >= 15 is 0 Å². The van der Waals surface area contributed by atoms with Gasteiger partial charge in [-0.3, -0.25) is 9.59 Å². The zero-order valence-corrected chi connectivity index (χ0v) is 12.9. The molecule has 6 heteroatoms. The summed E-state index contributed by atoms with van der Waals surface area (Å²) < 4.78 is 14.4. The molecule has 2 saturated heterocycles. The van der Waals surface area contributed by atoms with Gasteiger partial charge in [0.25, 0.3) is 5.91 Å². The van der Waals surface area contributed by atoms with Crippen molar-refractivity contribution in [3.63, 3.8) is 0 Å². The van der Waals surface area contributed by atoms with Gasteiger partial charge in [0.2, 0.25) is 5.91 Å². The lowest BCUT2D eigenvalue weighted by Gasteiger charge is -2.25. The number of carbonyl (C=O) groups is 2. The Morgan fingerprint density at radius 2 is 2.00 bits per heavy atom. The zero-order chi connectivity index (χ0) is 16.0. The van der Waals surface area contributed by atoms with Gasteiger partial charge in [-0.2, -0.15) is 0 Å². The van der Waals surface area contributed by atoms with E-state index in [2.05, 4.69) is 10.6 Å². The number of fused-ring (bicyclic) bond motifs is 3. The molecule has 2 atom stereocenters. The molecule has 2 unspecified atom stereocenters. The van der Waals surface area contributed by atoms with Gasteiger partial charge in [-0.15, -0.1) is 0 Å². The maximum atomic E-state index is 14.4. The molecule has 23 heavy (non-hydrogen) atoms. The summed E-state index contributed by atoms with van der Waals surface area (Å²) in [5.74, 6) is -0.902. The largest absolute Gasteiger partial charge is 0.337 e. The number of amides is 2. The first kappa shape index (κ1) is 14.6. The summed E-state index contributed by atoms with van der Waals surface area (Å²) in [5.41, 5.74) is 1.45. The van der Waals surface area contributed by atoms with E-state index < -0.39 is 5.82 Å². The van der Waals surface area contributed by atoms with Crippen molar-refractivity contribution in [3.8, 4) is 0 Å². The SMILES string of the molecule is O=C1CCc2cc(C(=O)N3CCC4CCC(C3)N4)c(F)cc2N1. The van der Waals surface area contributed by atoms with E-state index in [9.17, 15) is 14.0 Å². The summed E-state index contributed by atoms with van der Waals surface area (Å²) >= 11 is 0. The van der Waals surface area contributed by atoms with Gasteiger partial charge in [-0.25, -0.2) is 4.39 Å². The lowest BCUT2D eigenvalue weighted by Crippen LogP contribution is -2.39. The molecule has 1 aromatic carbocycles. The van der Waals surface area contributed by atoms with E-state index in [1.165, 1.54) is 12.5 Å². The predicted octanol–water partition coefficient (Wildman–Crippen LogP) is 1.68. The highest BCUT2D eigenvalue weighted by Gasteiger charge is 2.32. The Bertz CT molecular complexity index is 676. The molecule has 2 bridgehead atoms. The van der Waals surface area contributed by atoms with E-state index in [4.69, 9.17) is 0 Å². The molecule has 3 heterocycles. The number of nitrogens with zero attached hydrogens (tertiary/aromatic N) is 1. The average Bonchev–Trinajstić information content (AvgIpc) is 2.85. The van der Waals surface area contributed by atoms with Crippen molar-refractivity contribution in [1.29, 1.82) is 0 Å². The Labute approximate surface area is 134 Å². The third-order valence-corrected chi connectivity index (χ3v) is 5.13. The van der Waals surface area contributed by atoms with E-state index in [1.54, 1.807) is 11.0 Å². The number of halogens is 1. The molecule has 3 aliphatic heterocycles. The van der Waals surface area contributed by atoms with Crippen LogP contribution in [0.2, 0.25) is 0 Å². The van der Waals surface area contributed by atoms with Gasteiger partial charge < -0.3 is 15.5 Å². The molecule has 0 spiro atoms. The van der Waals surface area contributed by atoms with E-state index in [0.717, 1.165) is 18.4 Å². The minimum atomic E-state index is -0.557. The first-order valence-corrected chi connectivity index (χ1v) is 8.28. The minimum Gasteiger partial charge on any atom is -0.337 e. The summed E-state index contributed by atoms with van der Waals surface area (Å²) in [6.07, 6.45) is 4.09. The van der Waals surface area contributed by atoms with Gasteiger partial charge in [-0.1, -0.05) is 0 Å². The van der Waals surface area contributed by atoms with Crippen molar-refractivity contribution < 1.29 is 14.0 Å². The maximum absolute atomic E-state index is 14.4. The van der Waals surface area contributed by atoms with Crippen LogP contribution in [-0.2, 0) is 11.2 Å².